The first-order chi connectivity index (χ1) is 8.08. The van der Waals surface area contributed by atoms with Crippen LogP contribution in [0.15, 0.2) is 0 Å². The van der Waals surface area contributed by atoms with E-state index >= 15 is 0 Å². The van der Waals surface area contributed by atoms with E-state index < -0.39 is 12.1 Å². The number of hydrogen-bond donors (Lipinski definition) is 0. The molecule has 1 atom stereocenters. The standard InChI is InChI=1S/C13H24O5/c1-8(2)10(12(5,6)7)15-11(14)16-13(9(3)4)17-18-13/h8-10H,1-7H3. The van der Waals surface area contributed by atoms with Crippen molar-refractivity contribution < 1.29 is 24.0 Å². The number of hydrogen-bond acceptors (Lipinski definition) is 5. The van der Waals surface area contributed by atoms with Gasteiger partial charge in [0.15, 0.2) is 0 Å². The molecule has 0 N–H and O–H groups in total. The Kier molecular flexibility index (Phi) is 4.28. The second-order valence-corrected chi connectivity index (χ2v) is 6.43. The molecular weight excluding hydrogens is 236 g/mol. The zero-order valence-corrected chi connectivity index (χ0v) is 12.3. The van der Waals surface area contributed by atoms with Crippen molar-refractivity contribution in [1.82, 2.24) is 0 Å². The number of carbonyl (C=O) groups excluding carboxylic acids is 1. The first kappa shape index (κ1) is 15.2. The Bertz CT molecular complexity index is 299. The summed E-state index contributed by atoms with van der Waals surface area (Å²) in [6, 6.07) is 0. The fourth-order valence-corrected chi connectivity index (χ4v) is 1.94. The summed E-state index contributed by atoms with van der Waals surface area (Å²) in [6.07, 6.45) is -0.984. The Morgan fingerprint density at radius 1 is 1.11 bits per heavy atom. The molecule has 106 valence electrons. The lowest BCUT2D eigenvalue weighted by Gasteiger charge is -2.32. The van der Waals surface area contributed by atoms with Crippen LogP contribution in [-0.4, -0.2) is 18.2 Å². The molecule has 0 aromatic carbocycles. The molecule has 5 heteroatoms. The van der Waals surface area contributed by atoms with Gasteiger partial charge in [-0.15, -0.1) is 0 Å². The fourth-order valence-electron chi connectivity index (χ4n) is 1.94. The van der Waals surface area contributed by atoms with Crippen LogP contribution in [-0.2, 0) is 19.2 Å². The predicted octanol–water partition coefficient (Wildman–Crippen LogP) is 3.48. The van der Waals surface area contributed by atoms with Crippen molar-refractivity contribution in [3.8, 4) is 0 Å². The highest BCUT2D eigenvalue weighted by Gasteiger charge is 2.57. The molecule has 0 aliphatic carbocycles. The van der Waals surface area contributed by atoms with E-state index in [4.69, 9.17) is 19.2 Å². The van der Waals surface area contributed by atoms with Gasteiger partial charge in [0.05, 0.1) is 5.92 Å². The van der Waals surface area contributed by atoms with Crippen LogP contribution in [0.4, 0.5) is 4.79 Å². The maximum Gasteiger partial charge on any atom is 0.513 e. The lowest BCUT2D eigenvalue weighted by atomic mass is 9.83. The molecule has 1 aliphatic heterocycles. The van der Waals surface area contributed by atoms with Crippen LogP contribution < -0.4 is 0 Å². The molecule has 1 saturated heterocycles. The lowest BCUT2D eigenvalue weighted by Crippen LogP contribution is -2.38. The average Bonchev–Trinajstić information content (AvgIpc) is 2.93. The van der Waals surface area contributed by atoms with Gasteiger partial charge in [-0.2, -0.15) is 9.78 Å². The SMILES string of the molecule is CC(C)C(OC(=O)OC1(C(C)C)OO1)C(C)(C)C. The summed E-state index contributed by atoms with van der Waals surface area (Å²) in [5, 5.41) is 0. The third kappa shape index (κ3) is 3.59. The summed E-state index contributed by atoms with van der Waals surface area (Å²) in [6.45, 7) is 13.7. The highest BCUT2D eigenvalue weighted by Crippen LogP contribution is 2.39. The Balaban J connectivity index is 2.58. The molecule has 1 aliphatic rings. The molecule has 0 spiro atoms. The molecule has 0 saturated carbocycles. The highest BCUT2D eigenvalue weighted by molar-refractivity contribution is 5.60. The Morgan fingerprint density at radius 3 is 1.89 bits per heavy atom. The molecule has 0 amide bonds. The summed E-state index contributed by atoms with van der Waals surface area (Å²) >= 11 is 0. The number of ether oxygens (including phenoxy) is 2. The molecular formula is C13H24O5. The average molecular weight is 260 g/mol. The van der Waals surface area contributed by atoms with Gasteiger partial charge in [-0.25, -0.2) is 4.79 Å². The van der Waals surface area contributed by atoms with E-state index in [1.807, 2.05) is 48.5 Å². The summed E-state index contributed by atoms with van der Waals surface area (Å²) < 4.78 is 10.5. The van der Waals surface area contributed by atoms with Crippen LogP contribution in [0.1, 0.15) is 48.5 Å². The van der Waals surface area contributed by atoms with E-state index in [1.54, 1.807) is 0 Å². The van der Waals surface area contributed by atoms with E-state index in [1.165, 1.54) is 0 Å². The van der Waals surface area contributed by atoms with E-state index in [0.717, 1.165) is 0 Å². The van der Waals surface area contributed by atoms with Crippen molar-refractivity contribution in [2.45, 2.75) is 60.5 Å². The maximum absolute atomic E-state index is 11.8. The minimum absolute atomic E-state index is 0.0859. The first-order valence-electron chi connectivity index (χ1n) is 6.35. The van der Waals surface area contributed by atoms with Crippen molar-refractivity contribution >= 4 is 6.16 Å². The Labute approximate surface area is 109 Å². The molecule has 1 heterocycles. The topological polar surface area (TPSA) is 60.6 Å². The molecule has 1 unspecified atom stereocenters. The molecule has 18 heavy (non-hydrogen) atoms. The van der Waals surface area contributed by atoms with Gasteiger partial charge in [0.2, 0.25) is 0 Å². The van der Waals surface area contributed by atoms with Gasteiger partial charge in [-0.3, -0.25) is 0 Å². The fraction of sp³-hybridized carbons (Fsp3) is 0.923. The Hall–Kier alpha value is -0.810. The van der Waals surface area contributed by atoms with Crippen LogP contribution in [0.5, 0.6) is 0 Å². The zero-order valence-electron chi connectivity index (χ0n) is 12.3. The van der Waals surface area contributed by atoms with E-state index in [9.17, 15) is 4.79 Å². The zero-order chi connectivity index (χ0) is 14.1. The van der Waals surface area contributed by atoms with Crippen molar-refractivity contribution in [3.63, 3.8) is 0 Å². The number of carbonyl (C=O) groups is 1. The molecule has 0 bridgehead atoms. The molecule has 0 aromatic rings. The van der Waals surface area contributed by atoms with Crippen LogP contribution in [0.3, 0.4) is 0 Å². The summed E-state index contributed by atoms with van der Waals surface area (Å²) in [4.78, 5) is 21.2. The third-order valence-electron chi connectivity index (χ3n) is 2.86. The van der Waals surface area contributed by atoms with Gasteiger partial charge in [-0.05, 0) is 11.3 Å². The van der Waals surface area contributed by atoms with Gasteiger partial charge in [0.1, 0.15) is 6.10 Å². The monoisotopic (exact) mass is 260 g/mol. The molecule has 0 radical (unpaired) electrons. The van der Waals surface area contributed by atoms with Crippen molar-refractivity contribution in [2.75, 3.05) is 0 Å². The maximum atomic E-state index is 11.8. The minimum atomic E-state index is -1.25. The predicted molar refractivity (Wildman–Crippen MR) is 65.4 cm³/mol. The molecule has 5 nitrogen and oxygen atoms in total. The van der Waals surface area contributed by atoms with E-state index in [0.29, 0.717) is 0 Å². The highest BCUT2D eigenvalue weighted by atomic mass is 17.5. The second-order valence-electron chi connectivity index (χ2n) is 6.43. The van der Waals surface area contributed by atoms with Crippen molar-refractivity contribution in [3.05, 3.63) is 0 Å². The molecule has 1 rings (SSSR count). The van der Waals surface area contributed by atoms with E-state index in [-0.39, 0.29) is 23.4 Å². The summed E-state index contributed by atoms with van der Waals surface area (Å²) in [5.74, 6) is -1.14. The normalized spacial score (nSPS) is 19.8. The van der Waals surface area contributed by atoms with Gasteiger partial charge in [-0.1, -0.05) is 48.5 Å². The van der Waals surface area contributed by atoms with Gasteiger partial charge < -0.3 is 9.47 Å². The van der Waals surface area contributed by atoms with Crippen LogP contribution in [0.25, 0.3) is 0 Å². The van der Waals surface area contributed by atoms with Crippen LogP contribution in [0, 0.1) is 17.3 Å². The third-order valence-corrected chi connectivity index (χ3v) is 2.86. The van der Waals surface area contributed by atoms with Crippen molar-refractivity contribution in [2.24, 2.45) is 17.3 Å². The summed E-state index contributed by atoms with van der Waals surface area (Å²) in [7, 11) is 0. The Morgan fingerprint density at radius 2 is 1.61 bits per heavy atom. The lowest BCUT2D eigenvalue weighted by molar-refractivity contribution is -0.100. The second kappa shape index (κ2) is 5.05. The van der Waals surface area contributed by atoms with Gasteiger partial charge in [0, 0.05) is 0 Å². The quantitative estimate of drug-likeness (QED) is 0.440. The van der Waals surface area contributed by atoms with Gasteiger partial charge >= 0.3 is 12.1 Å². The summed E-state index contributed by atoms with van der Waals surface area (Å²) in [5.41, 5.74) is -0.149. The smallest absolute Gasteiger partial charge is 0.430 e. The number of rotatable bonds is 4. The van der Waals surface area contributed by atoms with E-state index in [2.05, 4.69) is 0 Å². The molecule has 1 fully saturated rings. The first-order valence-corrected chi connectivity index (χ1v) is 6.35. The largest absolute Gasteiger partial charge is 0.513 e. The van der Waals surface area contributed by atoms with Gasteiger partial charge in [0.25, 0.3) is 0 Å². The molecule has 0 aromatic heterocycles. The minimum Gasteiger partial charge on any atom is -0.430 e. The van der Waals surface area contributed by atoms with Crippen molar-refractivity contribution in [1.29, 1.82) is 0 Å². The van der Waals surface area contributed by atoms with Crippen LogP contribution >= 0.6 is 0 Å². The van der Waals surface area contributed by atoms with Crippen LogP contribution in [0.2, 0.25) is 0 Å².